The van der Waals surface area contributed by atoms with Crippen LogP contribution in [0.5, 0.6) is 0 Å². The fourth-order valence-electron chi connectivity index (χ4n) is 4.18. The first-order chi connectivity index (χ1) is 15.6. The van der Waals surface area contributed by atoms with E-state index in [9.17, 15) is 4.79 Å². The molecule has 6 heterocycles. The van der Waals surface area contributed by atoms with Crippen LogP contribution in [0.25, 0.3) is 17.0 Å². The van der Waals surface area contributed by atoms with E-state index in [-0.39, 0.29) is 17.7 Å². The Hall–Kier alpha value is -4.28. The Kier molecular flexibility index (Phi) is 3.97. The number of pyridine rings is 1. The molecular weight excluding hydrogens is 410 g/mol. The molecule has 0 radical (unpaired) electrons. The molecule has 1 N–H and O–H groups in total. The van der Waals surface area contributed by atoms with Gasteiger partial charge < -0.3 is 14.3 Å². The minimum absolute atomic E-state index is 0.0761. The van der Waals surface area contributed by atoms with Crippen LogP contribution in [-0.4, -0.2) is 56.9 Å². The van der Waals surface area contributed by atoms with Gasteiger partial charge in [0.2, 0.25) is 0 Å². The second-order valence-corrected chi connectivity index (χ2v) is 7.81. The zero-order valence-corrected chi connectivity index (χ0v) is 17.4. The monoisotopic (exact) mass is 429 g/mol. The van der Waals surface area contributed by atoms with Crippen LogP contribution in [0.2, 0.25) is 0 Å². The van der Waals surface area contributed by atoms with E-state index in [1.54, 1.807) is 35.4 Å². The number of amides is 1. The SMILES string of the molecule is Cc1cccc2cc([C@@H]3c4nc[nH]c4CCN3C(=O)c3nnc(-c4cnn(C)c4)o3)nn12. The Labute approximate surface area is 181 Å². The number of carbonyl (C=O) groups excluding carboxylic acids is 1. The highest BCUT2D eigenvalue weighted by Gasteiger charge is 2.38. The van der Waals surface area contributed by atoms with E-state index in [1.165, 1.54) is 0 Å². The molecule has 1 amide bonds. The van der Waals surface area contributed by atoms with Gasteiger partial charge in [-0.05, 0) is 25.1 Å². The summed E-state index contributed by atoms with van der Waals surface area (Å²) < 4.78 is 9.21. The summed E-state index contributed by atoms with van der Waals surface area (Å²) in [5.41, 5.74) is 5.11. The second-order valence-electron chi connectivity index (χ2n) is 7.81. The van der Waals surface area contributed by atoms with E-state index in [1.807, 2.05) is 35.7 Å². The summed E-state index contributed by atoms with van der Waals surface area (Å²) in [6.45, 7) is 2.46. The molecule has 0 aliphatic carbocycles. The van der Waals surface area contributed by atoms with Crippen LogP contribution in [0.4, 0.5) is 0 Å². The Bertz CT molecular complexity index is 1460. The molecule has 0 saturated heterocycles. The number of rotatable bonds is 3. The Morgan fingerprint density at radius 2 is 2.19 bits per heavy atom. The summed E-state index contributed by atoms with van der Waals surface area (Å²) >= 11 is 0. The van der Waals surface area contributed by atoms with E-state index in [0.717, 1.165) is 28.3 Å². The van der Waals surface area contributed by atoms with Crippen molar-refractivity contribution in [1.29, 1.82) is 0 Å². The van der Waals surface area contributed by atoms with Crippen LogP contribution in [0.15, 0.2) is 47.4 Å². The smallest absolute Gasteiger partial charge is 0.312 e. The maximum atomic E-state index is 13.5. The average Bonchev–Trinajstić information content (AvgIpc) is 3.57. The van der Waals surface area contributed by atoms with E-state index < -0.39 is 6.04 Å². The molecule has 0 bridgehead atoms. The third kappa shape index (κ3) is 2.82. The quantitative estimate of drug-likeness (QED) is 0.465. The fourth-order valence-corrected chi connectivity index (χ4v) is 4.18. The van der Waals surface area contributed by atoms with Crippen LogP contribution >= 0.6 is 0 Å². The van der Waals surface area contributed by atoms with Crippen molar-refractivity contribution >= 4 is 11.4 Å². The van der Waals surface area contributed by atoms with Crippen LogP contribution in [0, 0.1) is 6.92 Å². The molecular formula is C21H19N9O2. The minimum Gasteiger partial charge on any atom is -0.412 e. The molecule has 5 aromatic heterocycles. The number of imidazole rings is 1. The molecule has 0 spiro atoms. The lowest BCUT2D eigenvalue weighted by molar-refractivity contribution is 0.0646. The van der Waals surface area contributed by atoms with E-state index >= 15 is 0 Å². The summed E-state index contributed by atoms with van der Waals surface area (Å²) in [6.07, 6.45) is 5.66. The van der Waals surface area contributed by atoms with Crippen LogP contribution in [-0.2, 0) is 13.5 Å². The fraction of sp³-hybridized carbons (Fsp3) is 0.238. The van der Waals surface area contributed by atoms with Gasteiger partial charge in [-0.2, -0.15) is 10.2 Å². The maximum absolute atomic E-state index is 13.5. The number of nitrogens with one attached hydrogen (secondary N) is 1. The summed E-state index contributed by atoms with van der Waals surface area (Å²) in [6, 6.07) is 7.48. The van der Waals surface area contributed by atoms with Crippen LogP contribution < -0.4 is 0 Å². The normalized spacial score (nSPS) is 15.9. The first kappa shape index (κ1) is 18.5. The van der Waals surface area contributed by atoms with E-state index in [2.05, 4.69) is 25.3 Å². The van der Waals surface area contributed by atoms with Crippen molar-refractivity contribution in [2.24, 2.45) is 7.05 Å². The van der Waals surface area contributed by atoms with Gasteiger partial charge in [-0.3, -0.25) is 9.48 Å². The van der Waals surface area contributed by atoms with Crippen molar-refractivity contribution in [2.45, 2.75) is 19.4 Å². The molecule has 6 rings (SSSR count). The molecule has 1 aliphatic heterocycles. The lowest BCUT2D eigenvalue weighted by atomic mass is 9.99. The number of H-pyrrole nitrogens is 1. The molecule has 5 aromatic rings. The van der Waals surface area contributed by atoms with Crippen molar-refractivity contribution in [3.05, 3.63) is 71.7 Å². The van der Waals surface area contributed by atoms with Crippen LogP contribution in [0.1, 0.15) is 39.5 Å². The van der Waals surface area contributed by atoms with Gasteiger partial charge in [0.1, 0.15) is 6.04 Å². The number of aromatic amines is 1. The molecule has 0 aromatic carbocycles. The molecule has 1 atom stereocenters. The van der Waals surface area contributed by atoms with Gasteiger partial charge in [0, 0.05) is 37.6 Å². The number of aromatic nitrogens is 8. The van der Waals surface area contributed by atoms with Crippen molar-refractivity contribution < 1.29 is 9.21 Å². The molecule has 11 nitrogen and oxygen atoms in total. The Balaban J connectivity index is 1.41. The number of nitrogens with zero attached hydrogens (tertiary/aromatic N) is 8. The van der Waals surface area contributed by atoms with E-state index in [4.69, 9.17) is 9.52 Å². The van der Waals surface area contributed by atoms with Crippen molar-refractivity contribution in [3.8, 4) is 11.5 Å². The third-order valence-corrected chi connectivity index (χ3v) is 5.72. The molecule has 11 heteroatoms. The molecule has 160 valence electrons. The van der Waals surface area contributed by atoms with Gasteiger partial charge >= 0.3 is 11.8 Å². The lowest BCUT2D eigenvalue weighted by Crippen LogP contribution is -2.41. The minimum atomic E-state index is -0.467. The zero-order chi connectivity index (χ0) is 21.8. The number of carbonyl (C=O) groups is 1. The summed E-state index contributed by atoms with van der Waals surface area (Å²) in [4.78, 5) is 22.9. The largest absolute Gasteiger partial charge is 0.412 e. The second kappa shape index (κ2) is 6.87. The summed E-state index contributed by atoms with van der Waals surface area (Å²) in [5.74, 6) is -0.188. The molecule has 1 aliphatic rings. The highest BCUT2D eigenvalue weighted by Crippen LogP contribution is 2.34. The molecule has 0 saturated carbocycles. The van der Waals surface area contributed by atoms with E-state index in [0.29, 0.717) is 18.5 Å². The lowest BCUT2D eigenvalue weighted by Gasteiger charge is -2.32. The van der Waals surface area contributed by atoms with Gasteiger partial charge in [0.15, 0.2) is 0 Å². The molecule has 32 heavy (non-hydrogen) atoms. The highest BCUT2D eigenvalue weighted by atomic mass is 16.4. The van der Waals surface area contributed by atoms with Crippen molar-refractivity contribution in [2.75, 3.05) is 6.54 Å². The predicted molar refractivity (Wildman–Crippen MR) is 112 cm³/mol. The average molecular weight is 429 g/mol. The maximum Gasteiger partial charge on any atom is 0.312 e. The molecule has 0 unspecified atom stereocenters. The first-order valence-electron chi connectivity index (χ1n) is 10.2. The zero-order valence-electron chi connectivity index (χ0n) is 17.4. The van der Waals surface area contributed by atoms with Gasteiger partial charge in [-0.25, -0.2) is 9.50 Å². The highest BCUT2D eigenvalue weighted by molar-refractivity contribution is 5.90. The Morgan fingerprint density at radius 3 is 3.00 bits per heavy atom. The van der Waals surface area contributed by atoms with Gasteiger partial charge in [0.05, 0.1) is 35.0 Å². The Morgan fingerprint density at radius 1 is 1.28 bits per heavy atom. The van der Waals surface area contributed by atoms with Gasteiger partial charge in [0.25, 0.3) is 5.89 Å². The predicted octanol–water partition coefficient (Wildman–Crippen LogP) is 1.94. The number of hydrogen-bond acceptors (Lipinski definition) is 7. The van der Waals surface area contributed by atoms with Gasteiger partial charge in [-0.1, -0.05) is 6.07 Å². The summed E-state index contributed by atoms with van der Waals surface area (Å²) in [7, 11) is 1.79. The summed E-state index contributed by atoms with van der Waals surface area (Å²) in [5, 5.41) is 16.9. The standard InChI is InChI=1S/C21H19N9O2/c1-12-4-3-5-14-8-16(27-30(12)14)18-17-15(22-11-23-17)6-7-29(18)21(31)20-26-25-19(32-20)13-9-24-28(2)10-13/h3-5,8-11,18H,6-7H2,1-2H3,(H,22,23)/t18-/m1/s1. The van der Waals surface area contributed by atoms with Crippen molar-refractivity contribution in [3.63, 3.8) is 0 Å². The topological polar surface area (TPSA) is 123 Å². The van der Waals surface area contributed by atoms with Crippen molar-refractivity contribution in [1.82, 2.24) is 44.5 Å². The number of hydrogen-bond donors (Lipinski definition) is 1. The van der Waals surface area contributed by atoms with Gasteiger partial charge in [-0.15, -0.1) is 10.2 Å². The molecule has 0 fully saturated rings. The number of aryl methyl sites for hydroxylation is 2. The van der Waals surface area contributed by atoms with Crippen LogP contribution in [0.3, 0.4) is 0 Å². The number of fused-ring (bicyclic) bond motifs is 2. The third-order valence-electron chi connectivity index (χ3n) is 5.72. The first-order valence-corrected chi connectivity index (χ1v) is 10.2.